The van der Waals surface area contributed by atoms with Crippen LogP contribution in [0.1, 0.15) is 101 Å². The fourth-order valence-corrected chi connectivity index (χ4v) is 9.40. The summed E-state index contributed by atoms with van der Waals surface area (Å²) in [5.74, 6) is -2.47. The van der Waals surface area contributed by atoms with E-state index in [1.807, 2.05) is 62.3 Å². The molecule has 3 rings (SSSR count). The topological polar surface area (TPSA) is 174 Å². The Bertz CT molecular complexity index is 1580. The van der Waals surface area contributed by atoms with E-state index in [0.717, 1.165) is 30.6 Å². The van der Waals surface area contributed by atoms with Crippen LogP contribution in [0, 0.1) is 28.6 Å². The fraction of sp³-hybridized carbons (Fsp3) is 0.718. The maximum atomic E-state index is 14.6. The summed E-state index contributed by atoms with van der Waals surface area (Å²) in [6.07, 6.45) is 5.52. The number of sulfonamides is 1. The Morgan fingerprint density at radius 2 is 1.69 bits per heavy atom. The summed E-state index contributed by atoms with van der Waals surface area (Å²) in [7, 11) is -3.80. The van der Waals surface area contributed by atoms with Gasteiger partial charge >= 0.3 is 6.03 Å². The molecule has 2 aliphatic rings. The zero-order chi connectivity index (χ0) is 40.6. The highest BCUT2D eigenvalue weighted by atomic mass is 32.2. The first-order valence-electron chi connectivity index (χ1n) is 19.3. The Hall–Kier alpha value is -3.30. The predicted molar refractivity (Wildman–Crippen MR) is 212 cm³/mol. The number of thiophene rings is 1. The van der Waals surface area contributed by atoms with E-state index in [1.165, 1.54) is 15.3 Å². The zero-order valence-corrected chi connectivity index (χ0v) is 35.3. The number of amides is 5. The first-order chi connectivity index (χ1) is 25.1. The molecular weight excluding hydrogens is 729 g/mol. The summed E-state index contributed by atoms with van der Waals surface area (Å²) in [6.45, 7) is 21.5. The number of hydrogen-bond acceptors (Lipinski definition) is 8. The zero-order valence-electron chi connectivity index (χ0n) is 33.7. The SMILES string of the molecule is C=CCNC(=O)C(=O)C(CCCC)NC(=O)[C@@H]1[C@@H](C(C)C)CCN1C(=O)[C@@H](NC(=O)N[C@H](CN(CC1CC1)S(=O)(=O)c1cccs1)C(C)(C)C)C(C)(C)C. The van der Waals surface area contributed by atoms with Crippen LogP contribution in [0.15, 0.2) is 34.4 Å². The molecule has 1 aliphatic heterocycles. The van der Waals surface area contributed by atoms with Crippen LogP contribution in [-0.4, -0.2) is 97.5 Å². The molecule has 5 amide bonds. The molecule has 13 nitrogen and oxygen atoms in total. The van der Waals surface area contributed by atoms with Crippen molar-refractivity contribution in [3.8, 4) is 0 Å². The quantitative estimate of drug-likeness (QED) is 0.116. The molecule has 4 N–H and O–H groups in total. The van der Waals surface area contributed by atoms with Crippen LogP contribution < -0.4 is 21.3 Å². The molecule has 0 spiro atoms. The van der Waals surface area contributed by atoms with Gasteiger partial charge < -0.3 is 26.2 Å². The molecule has 1 aliphatic carbocycles. The smallest absolute Gasteiger partial charge is 0.315 e. The first kappa shape index (κ1) is 45.1. The van der Waals surface area contributed by atoms with Gasteiger partial charge in [0.15, 0.2) is 0 Å². The molecule has 15 heteroatoms. The minimum Gasteiger partial charge on any atom is -0.346 e. The Morgan fingerprint density at radius 3 is 2.20 bits per heavy atom. The molecular formula is C39H64N6O7S2. The van der Waals surface area contributed by atoms with Crippen molar-refractivity contribution in [2.24, 2.45) is 28.6 Å². The summed E-state index contributed by atoms with van der Waals surface area (Å²) in [4.78, 5) is 69.9. The number of ketones is 1. The number of likely N-dealkylation sites (tertiary alicyclic amines) is 1. The highest BCUT2D eigenvalue weighted by Crippen LogP contribution is 2.35. The largest absolute Gasteiger partial charge is 0.346 e. The Morgan fingerprint density at radius 1 is 1.02 bits per heavy atom. The van der Waals surface area contributed by atoms with Gasteiger partial charge in [0.05, 0.1) is 6.04 Å². The van der Waals surface area contributed by atoms with Gasteiger partial charge in [0.1, 0.15) is 16.3 Å². The van der Waals surface area contributed by atoms with Gasteiger partial charge in [-0.3, -0.25) is 19.2 Å². The summed E-state index contributed by atoms with van der Waals surface area (Å²) >= 11 is 1.16. The third-order valence-electron chi connectivity index (χ3n) is 10.3. The second-order valence-electron chi connectivity index (χ2n) is 17.3. The lowest BCUT2D eigenvalue weighted by Gasteiger charge is -2.38. The molecule has 1 unspecified atom stereocenters. The molecule has 0 bridgehead atoms. The molecule has 1 aromatic heterocycles. The van der Waals surface area contributed by atoms with Crippen molar-refractivity contribution < 1.29 is 32.4 Å². The fourth-order valence-electron chi connectivity index (χ4n) is 6.72. The number of hydrogen-bond donors (Lipinski definition) is 4. The molecule has 5 atom stereocenters. The highest BCUT2D eigenvalue weighted by molar-refractivity contribution is 7.91. The molecule has 54 heavy (non-hydrogen) atoms. The molecule has 1 aromatic rings. The van der Waals surface area contributed by atoms with Crippen LogP contribution in [0.25, 0.3) is 0 Å². The van der Waals surface area contributed by atoms with Crippen molar-refractivity contribution >= 4 is 50.9 Å². The first-order valence-corrected chi connectivity index (χ1v) is 21.6. The number of nitrogens with zero attached hydrogens (tertiary/aromatic N) is 2. The average molecular weight is 793 g/mol. The van der Waals surface area contributed by atoms with Gasteiger partial charge in [-0.2, -0.15) is 4.31 Å². The number of urea groups is 1. The molecule has 2 heterocycles. The average Bonchev–Trinajstić information content (AvgIpc) is 3.51. The molecule has 1 saturated heterocycles. The maximum Gasteiger partial charge on any atom is 0.315 e. The van der Waals surface area contributed by atoms with Crippen LogP contribution in [0.4, 0.5) is 4.79 Å². The normalized spacial score (nSPS) is 19.6. The minimum absolute atomic E-state index is 0.0140. The van der Waals surface area contributed by atoms with Crippen molar-refractivity contribution in [1.82, 2.24) is 30.5 Å². The summed E-state index contributed by atoms with van der Waals surface area (Å²) in [6, 6.07) is -0.993. The van der Waals surface area contributed by atoms with E-state index in [0.29, 0.717) is 19.4 Å². The summed E-state index contributed by atoms with van der Waals surface area (Å²) in [5.41, 5.74) is -1.34. The van der Waals surface area contributed by atoms with Crippen molar-refractivity contribution in [3.63, 3.8) is 0 Å². The van der Waals surface area contributed by atoms with Gasteiger partial charge in [-0.05, 0) is 65.7 Å². The number of carbonyl (C=O) groups is 5. The van der Waals surface area contributed by atoms with Crippen molar-refractivity contribution in [3.05, 3.63) is 30.2 Å². The van der Waals surface area contributed by atoms with Gasteiger partial charge in [0.25, 0.3) is 15.9 Å². The van der Waals surface area contributed by atoms with Crippen molar-refractivity contribution in [2.45, 2.75) is 129 Å². The van der Waals surface area contributed by atoms with Crippen LogP contribution in [0.3, 0.4) is 0 Å². The van der Waals surface area contributed by atoms with Gasteiger partial charge in [-0.15, -0.1) is 17.9 Å². The lowest BCUT2D eigenvalue weighted by atomic mass is 9.84. The highest BCUT2D eigenvalue weighted by Gasteiger charge is 2.48. The van der Waals surface area contributed by atoms with Crippen LogP contribution in [0.2, 0.25) is 0 Å². The van der Waals surface area contributed by atoms with Gasteiger partial charge in [-0.1, -0.05) is 87.3 Å². The second-order valence-corrected chi connectivity index (χ2v) is 20.4. The van der Waals surface area contributed by atoms with E-state index in [9.17, 15) is 32.4 Å². The van der Waals surface area contributed by atoms with E-state index >= 15 is 0 Å². The Labute approximate surface area is 326 Å². The maximum absolute atomic E-state index is 14.6. The number of nitrogens with one attached hydrogen (secondary N) is 4. The standard InChI is InChI=1S/C39H64N6O7S2/c1-11-13-15-28(32(46)35(48)40-20-12-2)41-34(47)31-27(25(3)4)19-21-45(31)36(49)33(39(8,9)10)43-37(50)42-29(38(5,6)7)24-44(23-26-17-18-26)54(51,52)30-16-14-22-53-30/h12,14,16,22,25-29,31,33H,2,11,13,15,17-21,23-24H2,1,3-10H3,(H,40,48)(H,41,47)(H2,42,43,50)/t27-,28?,29-,31+,33-/m1/s1. The third-order valence-corrected chi connectivity index (χ3v) is 13.5. The molecule has 1 saturated carbocycles. The number of rotatable bonds is 19. The number of carbonyl (C=O) groups excluding carboxylic acids is 5. The number of unbranched alkanes of at least 4 members (excludes halogenated alkanes) is 1. The molecule has 304 valence electrons. The van der Waals surface area contributed by atoms with E-state index < -0.39 is 74.6 Å². The lowest BCUT2D eigenvalue weighted by Crippen LogP contribution is -2.62. The lowest BCUT2D eigenvalue weighted by molar-refractivity contribution is -0.144. The van der Waals surface area contributed by atoms with Gasteiger partial charge in [-0.25, -0.2) is 13.2 Å². The van der Waals surface area contributed by atoms with E-state index in [1.54, 1.807) is 17.5 Å². The third kappa shape index (κ3) is 12.1. The van der Waals surface area contributed by atoms with E-state index in [2.05, 4.69) is 27.8 Å². The molecule has 0 aromatic carbocycles. The van der Waals surface area contributed by atoms with Gasteiger partial charge in [0, 0.05) is 32.2 Å². The minimum atomic E-state index is -3.80. The number of Topliss-reactive ketones (excluding diaryl/α,β-unsaturated/α-hetero) is 1. The molecule has 2 fully saturated rings. The van der Waals surface area contributed by atoms with Crippen LogP contribution in [0.5, 0.6) is 0 Å². The second kappa shape index (κ2) is 19.0. The summed E-state index contributed by atoms with van der Waals surface area (Å²) in [5, 5.41) is 12.9. The summed E-state index contributed by atoms with van der Waals surface area (Å²) < 4.78 is 29.2. The Kier molecular flexibility index (Phi) is 15.9. The Balaban J connectivity index is 1.86. The van der Waals surface area contributed by atoms with Crippen LogP contribution >= 0.6 is 11.3 Å². The van der Waals surface area contributed by atoms with Crippen LogP contribution in [-0.2, 0) is 29.2 Å². The van der Waals surface area contributed by atoms with E-state index in [4.69, 9.17) is 0 Å². The van der Waals surface area contributed by atoms with Gasteiger partial charge in [0.2, 0.25) is 17.6 Å². The predicted octanol–water partition coefficient (Wildman–Crippen LogP) is 4.70. The molecule has 0 radical (unpaired) electrons. The van der Waals surface area contributed by atoms with Crippen molar-refractivity contribution in [2.75, 3.05) is 26.2 Å². The monoisotopic (exact) mass is 792 g/mol. The van der Waals surface area contributed by atoms with Crippen molar-refractivity contribution in [1.29, 1.82) is 0 Å². The van der Waals surface area contributed by atoms with E-state index in [-0.39, 0.29) is 48.0 Å².